The van der Waals surface area contributed by atoms with Crippen molar-refractivity contribution in [2.75, 3.05) is 7.11 Å². The summed E-state index contributed by atoms with van der Waals surface area (Å²) in [5.74, 6) is 0.928. The van der Waals surface area contributed by atoms with Gasteiger partial charge in [0.1, 0.15) is 0 Å². The Labute approximate surface area is 145 Å². The normalized spacial score (nSPS) is 16.8. The van der Waals surface area contributed by atoms with Crippen molar-refractivity contribution in [2.24, 2.45) is 11.0 Å². The molecule has 0 spiro atoms. The van der Waals surface area contributed by atoms with Crippen LogP contribution in [0.1, 0.15) is 39.0 Å². The summed E-state index contributed by atoms with van der Waals surface area (Å²) < 4.78 is 5.04. The van der Waals surface area contributed by atoms with E-state index in [-0.39, 0.29) is 11.7 Å². The fourth-order valence-corrected chi connectivity index (χ4v) is 3.91. The minimum absolute atomic E-state index is 0.0667. The van der Waals surface area contributed by atoms with Crippen LogP contribution in [-0.4, -0.2) is 24.3 Å². The van der Waals surface area contributed by atoms with Crippen molar-refractivity contribution in [1.82, 2.24) is 5.43 Å². The average Bonchev–Trinajstić information content (AvgIpc) is 2.99. The molecule has 1 aromatic heterocycles. The van der Waals surface area contributed by atoms with Gasteiger partial charge >= 0.3 is 0 Å². The number of ether oxygens (including phenoxy) is 1. The monoisotopic (exact) mass is 344 g/mol. The van der Waals surface area contributed by atoms with Gasteiger partial charge in [-0.05, 0) is 60.6 Å². The minimum Gasteiger partial charge on any atom is -0.504 e. The van der Waals surface area contributed by atoms with Gasteiger partial charge in [0.15, 0.2) is 11.5 Å². The van der Waals surface area contributed by atoms with Gasteiger partial charge < -0.3 is 9.84 Å². The molecule has 0 fully saturated rings. The number of methoxy groups -OCH3 is 1. The van der Waals surface area contributed by atoms with E-state index in [9.17, 15) is 9.90 Å². The van der Waals surface area contributed by atoms with E-state index in [0.29, 0.717) is 16.5 Å². The molecule has 1 atom stereocenters. The van der Waals surface area contributed by atoms with Crippen molar-refractivity contribution < 1.29 is 14.6 Å². The highest BCUT2D eigenvalue weighted by molar-refractivity contribution is 7.14. The van der Waals surface area contributed by atoms with Crippen LogP contribution in [0.2, 0.25) is 0 Å². The molecule has 0 saturated carbocycles. The number of benzene rings is 1. The van der Waals surface area contributed by atoms with Crippen LogP contribution in [-0.2, 0) is 12.8 Å². The number of rotatable bonds is 4. The van der Waals surface area contributed by atoms with E-state index >= 15 is 0 Å². The number of hydrogen-bond acceptors (Lipinski definition) is 5. The van der Waals surface area contributed by atoms with Crippen LogP contribution in [0.15, 0.2) is 29.4 Å². The first kappa shape index (κ1) is 16.5. The Morgan fingerprint density at radius 3 is 3.08 bits per heavy atom. The molecule has 6 heteroatoms. The number of nitrogens with zero attached hydrogens (tertiary/aromatic N) is 1. The van der Waals surface area contributed by atoms with Crippen molar-refractivity contribution in [3.63, 3.8) is 0 Å². The highest BCUT2D eigenvalue weighted by Crippen LogP contribution is 2.32. The lowest BCUT2D eigenvalue weighted by Gasteiger charge is -2.16. The number of aryl methyl sites for hydroxylation is 1. The van der Waals surface area contributed by atoms with Crippen molar-refractivity contribution in [1.29, 1.82) is 0 Å². The van der Waals surface area contributed by atoms with E-state index in [1.807, 2.05) is 6.07 Å². The Hall–Kier alpha value is -2.34. The van der Waals surface area contributed by atoms with E-state index in [2.05, 4.69) is 17.5 Å². The van der Waals surface area contributed by atoms with E-state index < -0.39 is 0 Å². The maximum atomic E-state index is 12.2. The van der Waals surface area contributed by atoms with Crippen LogP contribution < -0.4 is 10.2 Å². The predicted octanol–water partition coefficient (Wildman–Crippen LogP) is 3.35. The quantitative estimate of drug-likeness (QED) is 0.660. The van der Waals surface area contributed by atoms with E-state index in [1.165, 1.54) is 36.3 Å². The Kier molecular flexibility index (Phi) is 4.85. The number of phenols is 1. The zero-order chi connectivity index (χ0) is 17.1. The molecule has 2 aromatic rings. The number of hydrogen-bond donors (Lipinski definition) is 2. The second-order valence-electron chi connectivity index (χ2n) is 6.04. The standard InChI is InChI=1S/C18H20N2O3S/c1-11-3-6-16-13(7-11)9-17(24-16)18(22)20-19-10-12-4-5-14(21)15(8-12)23-2/h4-5,8-11,21H,3,6-7H2,1-2H3,(H,20,22)/b19-10+/t11-/m0/s1. The Balaban J connectivity index is 1.65. The number of fused-ring (bicyclic) bond motifs is 1. The summed E-state index contributed by atoms with van der Waals surface area (Å²) in [6, 6.07) is 6.86. The summed E-state index contributed by atoms with van der Waals surface area (Å²) >= 11 is 1.56. The molecular formula is C18H20N2O3S. The molecule has 126 valence electrons. The topological polar surface area (TPSA) is 70.9 Å². The first-order chi connectivity index (χ1) is 11.6. The molecule has 2 N–H and O–H groups in total. The molecule has 1 heterocycles. The van der Waals surface area contributed by atoms with Gasteiger partial charge in [-0.1, -0.05) is 6.92 Å². The zero-order valence-corrected chi connectivity index (χ0v) is 14.5. The minimum atomic E-state index is -0.191. The predicted molar refractivity (Wildman–Crippen MR) is 95.2 cm³/mol. The Bertz CT molecular complexity index is 783. The summed E-state index contributed by atoms with van der Waals surface area (Å²) in [4.78, 5) is 14.3. The Morgan fingerprint density at radius 1 is 1.46 bits per heavy atom. The molecule has 1 aromatic carbocycles. The van der Waals surface area contributed by atoms with Gasteiger partial charge in [-0.2, -0.15) is 5.10 Å². The Morgan fingerprint density at radius 2 is 2.29 bits per heavy atom. The second-order valence-corrected chi connectivity index (χ2v) is 7.17. The third-order valence-corrected chi connectivity index (χ3v) is 5.37. The summed E-state index contributed by atoms with van der Waals surface area (Å²) in [6.07, 6.45) is 4.82. The van der Waals surface area contributed by atoms with Gasteiger partial charge in [0, 0.05) is 4.88 Å². The SMILES string of the molecule is COc1cc(/C=N/NC(=O)c2cc3c(s2)CC[C@H](C)C3)ccc1O. The van der Waals surface area contributed by atoms with Crippen molar-refractivity contribution in [3.05, 3.63) is 45.1 Å². The summed E-state index contributed by atoms with van der Waals surface area (Å²) in [5, 5.41) is 13.5. The number of hydrazone groups is 1. The lowest BCUT2D eigenvalue weighted by Crippen LogP contribution is -2.16. The third-order valence-electron chi connectivity index (χ3n) is 4.14. The van der Waals surface area contributed by atoms with Crippen LogP contribution in [0.5, 0.6) is 11.5 Å². The van der Waals surface area contributed by atoms with Crippen molar-refractivity contribution in [3.8, 4) is 11.5 Å². The maximum absolute atomic E-state index is 12.2. The fourth-order valence-electron chi connectivity index (χ4n) is 2.81. The summed E-state index contributed by atoms with van der Waals surface area (Å²) in [7, 11) is 1.48. The number of thiophene rings is 1. The summed E-state index contributed by atoms with van der Waals surface area (Å²) in [6.45, 7) is 2.25. The first-order valence-corrected chi connectivity index (χ1v) is 8.70. The molecule has 0 saturated heterocycles. The van der Waals surface area contributed by atoms with Gasteiger partial charge in [0.2, 0.25) is 0 Å². The van der Waals surface area contributed by atoms with Gasteiger partial charge in [0.25, 0.3) is 5.91 Å². The molecule has 0 aliphatic heterocycles. The van der Waals surface area contributed by atoms with Crippen LogP contribution in [0.4, 0.5) is 0 Å². The average molecular weight is 344 g/mol. The molecule has 24 heavy (non-hydrogen) atoms. The largest absolute Gasteiger partial charge is 0.504 e. The smallest absolute Gasteiger partial charge is 0.281 e. The second kappa shape index (κ2) is 7.05. The number of carbonyl (C=O) groups is 1. The van der Waals surface area contributed by atoms with Crippen LogP contribution in [0.25, 0.3) is 0 Å². The van der Waals surface area contributed by atoms with Gasteiger partial charge in [-0.3, -0.25) is 4.79 Å². The van der Waals surface area contributed by atoms with Crippen molar-refractivity contribution in [2.45, 2.75) is 26.2 Å². The van der Waals surface area contributed by atoms with Gasteiger partial charge in [-0.25, -0.2) is 5.43 Å². The summed E-state index contributed by atoms with van der Waals surface area (Å²) in [5.41, 5.74) is 4.59. The van der Waals surface area contributed by atoms with E-state index in [1.54, 1.807) is 23.5 Å². The first-order valence-electron chi connectivity index (χ1n) is 7.89. The fraction of sp³-hybridized carbons (Fsp3) is 0.333. The van der Waals surface area contributed by atoms with Gasteiger partial charge in [-0.15, -0.1) is 11.3 Å². The molecule has 3 rings (SSSR count). The third kappa shape index (κ3) is 3.59. The van der Waals surface area contributed by atoms with Crippen LogP contribution in [0.3, 0.4) is 0 Å². The number of phenolic OH excluding ortho intramolecular Hbond substituents is 1. The molecular weight excluding hydrogens is 324 g/mol. The lowest BCUT2D eigenvalue weighted by molar-refractivity contribution is 0.0959. The maximum Gasteiger partial charge on any atom is 0.281 e. The molecule has 1 aliphatic rings. The van der Waals surface area contributed by atoms with E-state index in [0.717, 1.165) is 18.4 Å². The van der Waals surface area contributed by atoms with Crippen LogP contribution in [0, 0.1) is 5.92 Å². The molecule has 0 bridgehead atoms. The molecule has 1 amide bonds. The van der Waals surface area contributed by atoms with Gasteiger partial charge in [0.05, 0.1) is 18.2 Å². The van der Waals surface area contributed by atoms with Crippen molar-refractivity contribution >= 4 is 23.5 Å². The van der Waals surface area contributed by atoms with E-state index in [4.69, 9.17) is 4.74 Å². The lowest BCUT2D eigenvalue weighted by atomic mass is 9.90. The van der Waals surface area contributed by atoms with Crippen LogP contribution >= 0.6 is 11.3 Å². The highest BCUT2D eigenvalue weighted by Gasteiger charge is 2.20. The number of carbonyl (C=O) groups excluding carboxylic acids is 1. The number of aromatic hydroxyl groups is 1. The number of nitrogens with one attached hydrogen (secondary N) is 1. The zero-order valence-electron chi connectivity index (χ0n) is 13.7. The number of amides is 1. The molecule has 5 nitrogen and oxygen atoms in total. The highest BCUT2D eigenvalue weighted by atomic mass is 32.1. The molecule has 0 unspecified atom stereocenters. The molecule has 1 aliphatic carbocycles. The molecule has 0 radical (unpaired) electrons.